The van der Waals surface area contributed by atoms with Crippen LogP contribution >= 0.6 is 0 Å². The third kappa shape index (κ3) is 3.12. The number of carbonyl (C=O) groups is 2. The molecule has 0 unspecified atom stereocenters. The van der Waals surface area contributed by atoms with Gasteiger partial charge in [0.25, 0.3) is 0 Å². The summed E-state index contributed by atoms with van der Waals surface area (Å²) in [5, 5.41) is 3.21. The van der Waals surface area contributed by atoms with E-state index in [9.17, 15) is 9.59 Å². The van der Waals surface area contributed by atoms with Crippen molar-refractivity contribution in [1.29, 1.82) is 0 Å². The summed E-state index contributed by atoms with van der Waals surface area (Å²) >= 11 is 0. The lowest BCUT2D eigenvalue weighted by atomic mass is 9.84. The predicted octanol–water partition coefficient (Wildman–Crippen LogP) is 2.89. The van der Waals surface area contributed by atoms with Gasteiger partial charge < -0.3 is 15.1 Å². The summed E-state index contributed by atoms with van der Waals surface area (Å²) < 4.78 is 0. The molecule has 1 aromatic rings. The zero-order valence-corrected chi connectivity index (χ0v) is 14.9. The molecule has 0 spiro atoms. The Hall–Kier alpha value is -2.04. The normalized spacial score (nSPS) is 26.1. The van der Waals surface area contributed by atoms with E-state index >= 15 is 0 Å². The molecule has 1 heterocycles. The minimum atomic E-state index is 0.00430. The van der Waals surface area contributed by atoms with Crippen molar-refractivity contribution in [3.8, 4) is 0 Å². The third-order valence-electron chi connectivity index (χ3n) is 6.12. The molecule has 2 aliphatic carbocycles. The molecule has 1 saturated carbocycles. The molecule has 1 saturated heterocycles. The number of amides is 3. The molecule has 5 nitrogen and oxygen atoms in total. The first-order chi connectivity index (χ1) is 12.1. The van der Waals surface area contributed by atoms with Gasteiger partial charge in [-0.2, -0.15) is 0 Å². The monoisotopic (exact) mass is 341 g/mol. The van der Waals surface area contributed by atoms with Gasteiger partial charge in [-0.05, 0) is 36.3 Å². The Morgan fingerprint density at radius 3 is 2.28 bits per heavy atom. The summed E-state index contributed by atoms with van der Waals surface area (Å²) in [5.41, 5.74) is 2.60. The van der Waals surface area contributed by atoms with Gasteiger partial charge in [0.1, 0.15) is 0 Å². The molecule has 3 aliphatic rings. The van der Waals surface area contributed by atoms with E-state index in [2.05, 4.69) is 30.4 Å². The zero-order chi connectivity index (χ0) is 17.4. The fraction of sp³-hybridized carbons (Fsp3) is 0.600. The predicted molar refractivity (Wildman–Crippen MR) is 96.2 cm³/mol. The Labute approximate surface area is 149 Å². The fourth-order valence-electron chi connectivity index (χ4n) is 4.30. The number of nitrogens with one attached hydrogen (secondary N) is 1. The Morgan fingerprint density at radius 1 is 1.00 bits per heavy atom. The largest absolute Gasteiger partial charge is 0.339 e. The highest BCUT2D eigenvalue weighted by Gasteiger charge is 2.33. The van der Waals surface area contributed by atoms with Gasteiger partial charge in [0, 0.05) is 32.1 Å². The van der Waals surface area contributed by atoms with Gasteiger partial charge in [0.15, 0.2) is 0 Å². The summed E-state index contributed by atoms with van der Waals surface area (Å²) in [7, 11) is 0. The Bertz CT molecular complexity index is 663. The third-order valence-corrected chi connectivity index (χ3v) is 6.12. The number of rotatable bonds is 2. The van der Waals surface area contributed by atoms with E-state index in [1.807, 2.05) is 15.9 Å². The first-order valence-electron chi connectivity index (χ1n) is 9.56. The van der Waals surface area contributed by atoms with E-state index in [1.54, 1.807) is 0 Å². The van der Waals surface area contributed by atoms with Crippen LogP contribution in [0.1, 0.15) is 55.7 Å². The van der Waals surface area contributed by atoms with Gasteiger partial charge in [-0.15, -0.1) is 0 Å². The summed E-state index contributed by atoms with van der Waals surface area (Å²) in [6, 6.07) is 8.51. The van der Waals surface area contributed by atoms with E-state index in [-0.39, 0.29) is 18.0 Å². The molecular weight excluding hydrogens is 314 g/mol. The average molecular weight is 341 g/mol. The molecule has 25 heavy (non-hydrogen) atoms. The van der Waals surface area contributed by atoms with Crippen molar-refractivity contribution in [3.05, 3.63) is 35.4 Å². The van der Waals surface area contributed by atoms with Crippen LogP contribution in [0, 0.1) is 5.92 Å². The van der Waals surface area contributed by atoms with E-state index < -0.39 is 0 Å². The molecule has 0 aromatic heterocycles. The lowest BCUT2D eigenvalue weighted by Gasteiger charge is -2.38. The van der Waals surface area contributed by atoms with E-state index in [0.717, 1.165) is 19.3 Å². The van der Waals surface area contributed by atoms with Crippen LogP contribution in [0.25, 0.3) is 0 Å². The molecule has 2 atom stereocenters. The molecule has 134 valence electrons. The Morgan fingerprint density at radius 2 is 1.64 bits per heavy atom. The number of hydrogen-bond acceptors (Lipinski definition) is 2. The topological polar surface area (TPSA) is 52.7 Å². The SMILES string of the molecule is C[C@H]1C[C@@H](NC(=O)N2CCN(C(=O)C3CCC3)CC2)c2ccccc21. The molecule has 0 radical (unpaired) electrons. The molecule has 1 aromatic carbocycles. The average Bonchev–Trinajstić information content (AvgIpc) is 2.90. The maximum atomic E-state index is 12.7. The van der Waals surface area contributed by atoms with Gasteiger partial charge >= 0.3 is 6.03 Å². The van der Waals surface area contributed by atoms with Crippen molar-refractivity contribution >= 4 is 11.9 Å². The van der Waals surface area contributed by atoms with Gasteiger partial charge in [-0.25, -0.2) is 4.79 Å². The number of benzene rings is 1. The minimum Gasteiger partial charge on any atom is -0.339 e. The lowest BCUT2D eigenvalue weighted by Crippen LogP contribution is -2.54. The summed E-state index contributed by atoms with van der Waals surface area (Å²) in [5.74, 6) is 1.03. The van der Waals surface area contributed by atoms with E-state index in [1.165, 1.54) is 17.5 Å². The lowest BCUT2D eigenvalue weighted by molar-refractivity contribution is -0.139. The fourth-order valence-corrected chi connectivity index (χ4v) is 4.30. The van der Waals surface area contributed by atoms with Crippen molar-refractivity contribution in [2.24, 2.45) is 5.92 Å². The minimum absolute atomic E-state index is 0.00430. The molecule has 2 fully saturated rings. The zero-order valence-electron chi connectivity index (χ0n) is 14.9. The van der Waals surface area contributed by atoms with Gasteiger partial charge in [0.2, 0.25) is 5.91 Å². The van der Waals surface area contributed by atoms with Crippen LogP contribution in [-0.2, 0) is 4.79 Å². The van der Waals surface area contributed by atoms with E-state index in [0.29, 0.717) is 38.0 Å². The second-order valence-corrected chi connectivity index (χ2v) is 7.71. The quantitative estimate of drug-likeness (QED) is 0.899. The number of carbonyl (C=O) groups excluding carboxylic acids is 2. The second kappa shape index (κ2) is 6.70. The standard InChI is InChI=1S/C20H27N3O2/c1-14-13-18(17-8-3-2-7-16(14)17)21-20(25)23-11-9-22(10-12-23)19(24)15-5-4-6-15/h2-3,7-8,14-15,18H,4-6,9-13H2,1H3,(H,21,25)/t14-,18+/m0/s1. The Balaban J connectivity index is 1.32. The molecule has 3 amide bonds. The Kier molecular flexibility index (Phi) is 4.40. The van der Waals surface area contributed by atoms with Crippen LogP contribution in [0.15, 0.2) is 24.3 Å². The van der Waals surface area contributed by atoms with E-state index in [4.69, 9.17) is 0 Å². The van der Waals surface area contributed by atoms with Crippen LogP contribution in [0.2, 0.25) is 0 Å². The van der Waals surface area contributed by atoms with Crippen LogP contribution in [0.3, 0.4) is 0 Å². The summed E-state index contributed by atoms with van der Waals surface area (Å²) in [4.78, 5) is 28.8. The summed E-state index contributed by atoms with van der Waals surface area (Å²) in [6.07, 6.45) is 4.23. The molecule has 1 aliphatic heterocycles. The highest BCUT2D eigenvalue weighted by atomic mass is 16.2. The first-order valence-corrected chi connectivity index (χ1v) is 9.56. The highest BCUT2D eigenvalue weighted by Crippen LogP contribution is 2.39. The van der Waals surface area contributed by atoms with Crippen molar-refractivity contribution in [1.82, 2.24) is 15.1 Å². The van der Waals surface area contributed by atoms with Crippen LogP contribution in [0.4, 0.5) is 4.79 Å². The molecule has 0 bridgehead atoms. The number of piperazine rings is 1. The number of hydrogen-bond donors (Lipinski definition) is 1. The van der Waals surface area contributed by atoms with Crippen molar-refractivity contribution in [2.75, 3.05) is 26.2 Å². The highest BCUT2D eigenvalue weighted by molar-refractivity contribution is 5.80. The maximum absolute atomic E-state index is 12.7. The number of fused-ring (bicyclic) bond motifs is 1. The molecule has 4 rings (SSSR count). The second-order valence-electron chi connectivity index (χ2n) is 7.71. The molecule has 5 heteroatoms. The number of nitrogens with zero attached hydrogens (tertiary/aromatic N) is 2. The van der Waals surface area contributed by atoms with Crippen molar-refractivity contribution in [3.63, 3.8) is 0 Å². The van der Waals surface area contributed by atoms with Gasteiger partial charge in [-0.1, -0.05) is 37.6 Å². The van der Waals surface area contributed by atoms with Crippen LogP contribution < -0.4 is 5.32 Å². The van der Waals surface area contributed by atoms with Crippen LogP contribution in [-0.4, -0.2) is 47.9 Å². The van der Waals surface area contributed by atoms with Gasteiger partial charge in [0.05, 0.1) is 6.04 Å². The molecule has 1 N–H and O–H groups in total. The summed E-state index contributed by atoms with van der Waals surface area (Å²) in [6.45, 7) is 4.82. The molecular formula is C20H27N3O2. The van der Waals surface area contributed by atoms with Crippen molar-refractivity contribution in [2.45, 2.75) is 44.6 Å². The van der Waals surface area contributed by atoms with Crippen molar-refractivity contribution < 1.29 is 9.59 Å². The first kappa shape index (κ1) is 16.4. The van der Waals surface area contributed by atoms with Crippen LogP contribution in [0.5, 0.6) is 0 Å². The smallest absolute Gasteiger partial charge is 0.318 e. The number of urea groups is 1. The maximum Gasteiger partial charge on any atom is 0.318 e. The van der Waals surface area contributed by atoms with Gasteiger partial charge in [-0.3, -0.25) is 4.79 Å².